The molecule has 2 saturated carbocycles. The monoisotopic (exact) mass is 257 g/mol. The second-order valence-corrected chi connectivity index (χ2v) is 6.20. The average molecular weight is 257 g/mol. The molecule has 106 valence electrons. The van der Waals surface area contributed by atoms with E-state index in [0.29, 0.717) is 19.3 Å². The smallest absolute Gasteiger partial charge is 0.0898 e. The minimum atomic E-state index is -0.466. The highest BCUT2D eigenvalue weighted by Gasteiger charge is 2.41. The molecule has 0 heterocycles. The van der Waals surface area contributed by atoms with Crippen LogP contribution in [0.5, 0.6) is 0 Å². The zero-order chi connectivity index (χ0) is 13.0. The van der Waals surface area contributed by atoms with E-state index >= 15 is 0 Å². The Morgan fingerprint density at radius 2 is 2.17 bits per heavy atom. The number of aliphatic hydroxyl groups excluding tert-OH is 2. The quantitative estimate of drug-likeness (QED) is 0.638. The predicted molar refractivity (Wildman–Crippen MR) is 70.4 cm³/mol. The van der Waals surface area contributed by atoms with Gasteiger partial charge in [0.05, 0.1) is 25.4 Å². The molecule has 4 heteroatoms. The standard InChI is InChI=1S/C14H27NO3/c1-11-3-2-4-13(7-11)18-9-12(17)8-15-14(10-16)5-6-14/h11-13,15-17H,2-10H2,1H3. The van der Waals surface area contributed by atoms with Crippen LogP contribution in [0.2, 0.25) is 0 Å². The van der Waals surface area contributed by atoms with Crippen molar-refractivity contribution in [3.05, 3.63) is 0 Å². The van der Waals surface area contributed by atoms with Gasteiger partial charge >= 0.3 is 0 Å². The lowest BCUT2D eigenvalue weighted by Crippen LogP contribution is -2.41. The Hall–Kier alpha value is -0.160. The Labute approximate surface area is 110 Å². The summed E-state index contributed by atoms with van der Waals surface area (Å²) in [6.07, 6.45) is 6.69. The summed E-state index contributed by atoms with van der Waals surface area (Å²) in [5.41, 5.74) is -0.0969. The molecule has 0 bridgehead atoms. The molecule has 0 radical (unpaired) electrons. The average Bonchev–Trinajstić information content (AvgIpc) is 3.15. The molecule has 0 saturated heterocycles. The van der Waals surface area contributed by atoms with Crippen molar-refractivity contribution in [1.29, 1.82) is 0 Å². The molecule has 2 aliphatic rings. The minimum Gasteiger partial charge on any atom is -0.394 e. The van der Waals surface area contributed by atoms with Gasteiger partial charge in [-0.1, -0.05) is 19.8 Å². The predicted octanol–water partition coefficient (Wildman–Crippen LogP) is 1.06. The van der Waals surface area contributed by atoms with Crippen LogP contribution in [0.4, 0.5) is 0 Å². The van der Waals surface area contributed by atoms with E-state index < -0.39 is 6.10 Å². The van der Waals surface area contributed by atoms with Gasteiger partial charge in [0.1, 0.15) is 0 Å². The summed E-state index contributed by atoms with van der Waals surface area (Å²) in [5.74, 6) is 0.753. The maximum atomic E-state index is 9.86. The van der Waals surface area contributed by atoms with Crippen LogP contribution in [0.25, 0.3) is 0 Å². The lowest BCUT2D eigenvalue weighted by Gasteiger charge is -2.28. The maximum absolute atomic E-state index is 9.86. The second-order valence-electron chi connectivity index (χ2n) is 6.20. The first-order chi connectivity index (χ1) is 8.63. The van der Waals surface area contributed by atoms with E-state index in [2.05, 4.69) is 12.2 Å². The summed E-state index contributed by atoms with van der Waals surface area (Å²) < 4.78 is 5.78. The van der Waals surface area contributed by atoms with E-state index in [1.807, 2.05) is 0 Å². The molecule has 18 heavy (non-hydrogen) atoms. The van der Waals surface area contributed by atoms with Gasteiger partial charge in [-0.05, 0) is 31.6 Å². The van der Waals surface area contributed by atoms with Gasteiger partial charge in [-0.15, -0.1) is 0 Å². The topological polar surface area (TPSA) is 61.7 Å². The lowest BCUT2D eigenvalue weighted by molar-refractivity contribution is -0.0318. The van der Waals surface area contributed by atoms with Gasteiger partial charge in [0.15, 0.2) is 0 Å². The molecule has 0 aliphatic heterocycles. The number of hydrogen-bond donors (Lipinski definition) is 3. The molecule has 0 aromatic carbocycles. The van der Waals surface area contributed by atoms with Crippen molar-refractivity contribution >= 4 is 0 Å². The normalized spacial score (nSPS) is 32.2. The fourth-order valence-electron chi connectivity index (χ4n) is 2.71. The van der Waals surface area contributed by atoms with Crippen LogP contribution >= 0.6 is 0 Å². The molecule has 0 aromatic heterocycles. The molecule has 4 nitrogen and oxygen atoms in total. The Morgan fingerprint density at radius 1 is 1.39 bits per heavy atom. The SMILES string of the molecule is CC1CCCC(OCC(O)CNC2(CO)CC2)C1. The van der Waals surface area contributed by atoms with Crippen LogP contribution < -0.4 is 5.32 Å². The Kier molecular flexibility index (Phi) is 5.01. The molecule has 2 aliphatic carbocycles. The van der Waals surface area contributed by atoms with Crippen LogP contribution in [0.3, 0.4) is 0 Å². The Balaban J connectivity index is 1.58. The third kappa shape index (κ3) is 4.19. The third-order valence-corrected chi connectivity index (χ3v) is 4.28. The highest BCUT2D eigenvalue weighted by atomic mass is 16.5. The summed E-state index contributed by atoms with van der Waals surface area (Å²) in [5, 5.41) is 22.3. The van der Waals surface area contributed by atoms with E-state index in [1.165, 1.54) is 12.8 Å². The number of ether oxygens (including phenoxy) is 1. The summed E-state index contributed by atoms with van der Waals surface area (Å²) in [7, 11) is 0. The van der Waals surface area contributed by atoms with Gasteiger partial charge in [0, 0.05) is 12.1 Å². The van der Waals surface area contributed by atoms with E-state index in [9.17, 15) is 5.11 Å². The lowest BCUT2D eigenvalue weighted by atomic mass is 9.89. The summed E-state index contributed by atoms with van der Waals surface area (Å²) in [4.78, 5) is 0. The zero-order valence-electron chi connectivity index (χ0n) is 11.4. The van der Waals surface area contributed by atoms with Gasteiger partial charge in [-0.3, -0.25) is 0 Å². The zero-order valence-corrected chi connectivity index (χ0v) is 11.4. The van der Waals surface area contributed by atoms with Crippen molar-refractivity contribution < 1.29 is 14.9 Å². The molecule has 2 fully saturated rings. The number of hydrogen-bond acceptors (Lipinski definition) is 4. The van der Waals surface area contributed by atoms with Crippen molar-refractivity contribution in [2.45, 2.75) is 63.2 Å². The highest BCUT2D eigenvalue weighted by molar-refractivity contribution is 5.01. The van der Waals surface area contributed by atoms with Gasteiger partial charge in [0.25, 0.3) is 0 Å². The largest absolute Gasteiger partial charge is 0.394 e. The Bertz CT molecular complexity index is 255. The van der Waals surface area contributed by atoms with Gasteiger partial charge in [-0.25, -0.2) is 0 Å². The molecule has 2 rings (SSSR count). The Morgan fingerprint density at radius 3 is 2.78 bits per heavy atom. The van der Waals surface area contributed by atoms with Crippen LogP contribution in [0.1, 0.15) is 45.4 Å². The molecule has 3 unspecified atom stereocenters. The van der Waals surface area contributed by atoms with E-state index in [1.54, 1.807) is 0 Å². The van der Waals surface area contributed by atoms with Crippen molar-refractivity contribution in [1.82, 2.24) is 5.32 Å². The first-order valence-corrected chi connectivity index (χ1v) is 7.29. The fraction of sp³-hybridized carbons (Fsp3) is 1.00. The van der Waals surface area contributed by atoms with Crippen LogP contribution in [-0.2, 0) is 4.74 Å². The van der Waals surface area contributed by atoms with E-state index in [0.717, 1.165) is 31.6 Å². The molecule has 0 amide bonds. The molecular weight excluding hydrogens is 230 g/mol. The van der Waals surface area contributed by atoms with Crippen molar-refractivity contribution in [3.8, 4) is 0 Å². The maximum Gasteiger partial charge on any atom is 0.0898 e. The fourth-order valence-corrected chi connectivity index (χ4v) is 2.71. The molecule has 0 spiro atoms. The van der Waals surface area contributed by atoms with Crippen molar-refractivity contribution in [2.24, 2.45) is 5.92 Å². The van der Waals surface area contributed by atoms with E-state index in [-0.39, 0.29) is 12.1 Å². The summed E-state index contributed by atoms with van der Waals surface area (Å²) >= 11 is 0. The first kappa shape index (κ1) is 14.3. The molecular formula is C14H27NO3. The van der Waals surface area contributed by atoms with Crippen LogP contribution in [0, 0.1) is 5.92 Å². The van der Waals surface area contributed by atoms with Crippen LogP contribution in [-0.4, -0.2) is 47.7 Å². The molecule has 3 atom stereocenters. The second kappa shape index (κ2) is 6.33. The number of nitrogens with one attached hydrogen (secondary N) is 1. The van der Waals surface area contributed by atoms with Crippen LogP contribution in [0.15, 0.2) is 0 Å². The summed E-state index contributed by atoms with van der Waals surface area (Å²) in [6, 6.07) is 0. The van der Waals surface area contributed by atoms with Gasteiger partial charge in [-0.2, -0.15) is 0 Å². The highest BCUT2D eigenvalue weighted by Crippen LogP contribution is 2.34. The minimum absolute atomic E-state index is 0.0969. The number of β-amino-alcohol motifs (C(OH)–C–C–N with tert-alkyl or cyclic N) is 1. The molecule has 0 aromatic rings. The summed E-state index contributed by atoms with van der Waals surface area (Å²) in [6.45, 7) is 3.36. The molecule has 3 N–H and O–H groups in total. The van der Waals surface area contributed by atoms with Crippen molar-refractivity contribution in [3.63, 3.8) is 0 Å². The number of aliphatic hydroxyl groups is 2. The number of rotatable bonds is 7. The van der Waals surface area contributed by atoms with Gasteiger partial charge < -0.3 is 20.3 Å². The van der Waals surface area contributed by atoms with E-state index in [4.69, 9.17) is 9.84 Å². The first-order valence-electron chi connectivity index (χ1n) is 7.29. The van der Waals surface area contributed by atoms with Gasteiger partial charge in [0.2, 0.25) is 0 Å². The van der Waals surface area contributed by atoms with Crippen molar-refractivity contribution in [2.75, 3.05) is 19.8 Å². The third-order valence-electron chi connectivity index (χ3n) is 4.28.